The minimum atomic E-state index is 0.0705. The Labute approximate surface area is 169 Å². The van der Waals surface area contributed by atoms with Gasteiger partial charge in [-0.05, 0) is 63.9 Å². The van der Waals surface area contributed by atoms with Crippen LogP contribution < -0.4 is 5.32 Å². The first-order valence-corrected chi connectivity index (χ1v) is 9.46. The Kier molecular flexibility index (Phi) is 6.01. The highest BCUT2D eigenvalue weighted by Gasteiger charge is 2.17. The van der Waals surface area contributed by atoms with Crippen LogP contribution >= 0.6 is 12.2 Å². The number of hydrogen-bond acceptors (Lipinski definition) is 5. The normalized spacial score (nSPS) is 11.6. The fourth-order valence-corrected chi connectivity index (χ4v) is 3.01. The maximum absolute atomic E-state index is 10.8. The van der Waals surface area contributed by atoms with Gasteiger partial charge in [0.15, 0.2) is 5.69 Å². The summed E-state index contributed by atoms with van der Waals surface area (Å²) in [5, 5.41) is 23.1. The highest BCUT2D eigenvalue weighted by atomic mass is 32.1. The Morgan fingerprint density at radius 2 is 2.07 bits per heavy atom. The number of hydrogen-bond donors (Lipinski definition) is 2. The standard InChI is InChI=1S/C20H24N6OS/c1-5-25(4)12-26-16-10-9-13(2)11-15(16)18(19(26)27)23-24-20(28)22-17-8-6-7-14(3)21-17/h6-11,27H,5,12H2,1-4H3,(H,21,22,28). The summed E-state index contributed by atoms with van der Waals surface area (Å²) in [5.74, 6) is 0.678. The summed E-state index contributed by atoms with van der Waals surface area (Å²) in [6, 6.07) is 11.6. The molecule has 0 spiro atoms. The number of pyridine rings is 1. The first kappa shape index (κ1) is 19.9. The number of thiocarbonyl (C=S) groups is 1. The first-order valence-electron chi connectivity index (χ1n) is 9.05. The van der Waals surface area contributed by atoms with Crippen molar-refractivity contribution in [2.75, 3.05) is 18.9 Å². The van der Waals surface area contributed by atoms with Crippen molar-refractivity contribution in [1.82, 2.24) is 14.5 Å². The van der Waals surface area contributed by atoms with Crippen LogP contribution in [0.2, 0.25) is 0 Å². The Bertz CT molecular complexity index is 1040. The summed E-state index contributed by atoms with van der Waals surface area (Å²) in [7, 11) is 1.99. The average molecular weight is 397 g/mol. The second-order valence-electron chi connectivity index (χ2n) is 6.73. The molecule has 0 aliphatic heterocycles. The molecule has 0 aliphatic rings. The van der Waals surface area contributed by atoms with Gasteiger partial charge in [0.25, 0.3) is 0 Å². The molecule has 7 nitrogen and oxygen atoms in total. The quantitative estimate of drug-likeness (QED) is 0.481. The van der Waals surface area contributed by atoms with Gasteiger partial charge < -0.3 is 10.4 Å². The van der Waals surface area contributed by atoms with Gasteiger partial charge in [0, 0.05) is 11.1 Å². The van der Waals surface area contributed by atoms with Crippen LogP contribution in [0.5, 0.6) is 5.88 Å². The van der Waals surface area contributed by atoms with Crippen LogP contribution in [0, 0.1) is 13.8 Å². The third kappa shape index (κ3) is 4.35. The SMILES string of the molecule is CCN(C)Cn1c(O)c(N=NC(=S)Nc2cccc(C)n2)c2cc(C)ccc21. The van der Waals surface area contributed by atoms with Crippen LogP contribution in [0.25, 0.3) is 10.9 Å². The van der Waals surface area contributed by atoms with Gasteiger partial charge >= 0.3 is 0 Å². The maximum atomic E-state index is 10.8. The first-order chi connectivity index (χ1) is 13.4. The van der Waals surface area contributed by atoms with Crippen molar-refractivity contribution in [2.45, 2.75) is 27.4 Å². The number of fused-ring (bicyclic) bond motifs is 1. The summed E-state index contributed by atoms with van der Waals surface area (Å²) in [4.78, 5) is 6.43. The largest absolute Gasteiger partial charge is 0.493 e. The molecule has 0 amide bonds. The molecule has 2 aromatic heterocycles. The number of aromatic hydroxyl groups is 1. The van der Waals surface area contributed by atoms with Gasteiger partial charge in [-0.3, -0.25) is 9.47 Å². The highest BCUT2D eigenvalue weighted by molar-refractivity contribution is 7.80. The minimum Gasteiger partial charge on any atom is -0.493 e. The lowest BCUT2D eigenvalue weighted by Gasteiger charge is -2.16. The predicted octanol–water partition coefficient (Wildman–Crippen LogP) is 4.75. The number of aryl methyl sites for hydroxylation is 2. The average Bonchev–Trinajstić information content (AvgIpc) is 2.90. The number of azo groups is 1. The van der Waals surface area contributed by atoms with Crippen LogP contribution in [0.3, 0.4) is 0 Å². The Morgan fingerprint density at radius 1 is 1.29 bits per heavy atom. The van der Waals surface area contributed by atoms with Crippen molar-refractivity contribution in [3.8, 4) is 5.88 Å². The lowest BCUT2D eigenvalue weighted by atomic mass is 10.1. The molecule has 2 N–H and O–H groups in total. The lowest BCUT2D eigenvalue weighted by Crippen LogP contribution is -2.21. The Hall–Kier alpha value is -2.84. The lowest BCUT2D eigenvalue weighted by molar-refractivity contribution is 0.268. The maximum Gasteiger partial charge on any atom is 0.221 e. The van der Waals surface area contributed by atoms with Gasteiger partial charge in [-0.25, -0.2) is 4.98 Å². The van der Waals surface area contributed by atoms with Gasteiger partial charge in [-0.1, -0.05) is 24.6 Å². The van der Waals surface area contributed by atoms with E-state index in [-0.39, 0.29) is 11.0 Å². The third-order valence-electron chi connectivity index (χ3n) is 4.45. The molecule has 3 aromatic rings. The van der Waals surface area contributed by atoms with Crippen molar-refractivity contribution in [3.05, 3.63) is 47.7 Å². The summed E-state index contributed by atoms with van der Waals surface area (Å²) < 4.78 is 1.82. The molecule has 0 atom stereocenters. The number of benzene rings is 1. The van der Waals surface area contributed by atoms with Crippen LogP contribution in [0.1, 0.15) is 18.2 Å². The van der Waals surface area contributed by atoms with E-state index in [0.717, 1.165) is 28.7 Å². The molecule has 3 rings (SSSR count). The zero-order valence-electron chi connectivity index (χ0n) is 16.5. The van der Waals surface area contributed by atoms with E-state index in [0.29, 0.717) is 18.2 Å². The number of anilines is 1. The number of aromatic nitrogens is 2. The molecule has 0 aliphatic carbocycles. The zero-order chi connectivity index (χ0) is 20.3. The third-order valence-corrected chi connectivity index (χ3v) is 4.64. The van der Waals surface area contributed by atoms with Crippen LogP contribution in [-0.4, -0.2) is 38.3 Å². The molecule has 1 aromatic carbocycles. The van der Waals surface area contributed by atoms with Crippen LogP contribution in [-0.2, 0) is 6.67 Å². The van der Waals surface area contributed by atoms with Crippen LogP contribution in [0.4, 0.5) is 11.5 Å². The van der Waals surface area contributed by atoms with E-state index in [4.69, 9.17) is 12.2 Å². The highest BCUT2D eigenvalue weighted by Crippen LogP contribution is 2.39. The van der Waals surface area contributed by atoms with Gasteiger partial charge in [0.05, 0.1) is 12.2 Å². The Balaban J connectivity index is 1.93. The van der Waals surface area contributed by atoms with E-state index < -0.39 is 0 Å². The smallest absolute Gasteiger partial charge is 0.221 e. The van der Waals surface area contributed by atoms with Gasteiger partial charge in [-0.15, -0.1) is 10.2 Å². The van der Waals surface area contributed by atoms with E-state index in [1.807, 2.05) is 61.9 Å². The fraction of sp³-hybridized carbons (Fsp3) is 0.300. The van der Waals surface area contributed by atoms with E-state index in [9.17, 15) is 5.11 Å². The van der Waals surface area contributed by atoms with Crippen LogP contribution in [0.15, 0.2) is 46.6 Å². The summed E-state index contributed by atoms with van der Waals surface area (Å²) >= 11 is 5.26. The van der Waals surface area contributed by atoms with Crippen molar-refractivity contribution in [1.29, 1.82) is 0 Å². The molecule has 28 heavy (non-hydrogen) atoms. The number of rotatable bonds is 5. The zero-order valence-corrected chi connectivity index (χ0v) is 17.3. The van der Waals surface area contributed by atoms with E-state index in [1.54, 1.807) is 0 Å². The van der Waals surface area contributed by atoms with Crippen molar-refractivity contribution in [2.24, 2.45) is 10.2 Å². The molecule has 0 bridgehead atoms. The molecule has 0 fully saturated rings. The second-order valence-corrected chi connectivity index (χ2v) is 7.12. The molecule has 0 radical (unpaired) electrons. The molecule has 2 heterocycles. The molecular formula is C20H24N6OS. The molecular weight excluding hydrogens is 372 g/mol. The molecule has 0 saturated carbocycles. The monoisotopic (exact) mass is 396 g/mol. The minimum absolute atomic E-state index is 0.0705. The van der Waals surface area contributed by atoms with Gasteiger partial charge in [0.1, 0.15) is 5.82 Å². The predicted molar refractivity (Wildman–Crippen MR) is 116 cm³/mol. The molecule has 8 heteroatoms. The van der Waals surface area contributed by atoms with Crippen molar-refractivity contribution < 1.29 is 5.11 Å². The molecule has 0 unspecified atom stereocenters. The summed E-state index contributed by atoms with van der Waals surface area (Å²) in [6.45, 7) is 7.38. The van der Waals surface area contributed by atoms with Gasteiger partial charge in [0.2, 0.25) is 11.0 Å². The van der Waals surface area contributed by atoms with Crippen molar-refractivity contribution >= 4 is 39.7 Å². The van der Waals surface area contributed by atoms with E-state index >= 15 is 0 Å². The topological polar surface area (TPSA) is 78.0 Å². The van der Waals surface area contributed by atoms with Gasteiger partial charge in [-0.2, -0.15) is 0 Å². The molecule has 0 saturated heterocycles. The molecule has 146 valence electrons. The van der Waals surface area contributed by atoms with E-state index in [2.05, 4.69) is 32.4 Å². The number of nitrogens with one attached hydrogen (secondary N) is 1. The summed E-state index contributed by atoms with van der Waals surface area (Å²) in [6.07, 6.45) is 0. The fourth-order valence-electron chi connectivity index (χ4n) is 2.86. The van der Waals surface area contributed by atoms with E-state index in [1.165, 1.54) is 0 Å². The number of nitrogens with zero attached hydrogens (tertiary/aromatic N) is 5. The second kappa shape index (κ2) is 8.45. The summed E-state index contributed by atoms with van der Waals surface area (Å²) in [5.41, 5.74) is 3.26. The van der Waals surface area contributed by atoms with Crippen molar-refractivity contribution in [3.63, 3.8) is 0 Å². The Morgan fingerprint density at radius 3 is 2.79 bits per heavy atom.